The van der Waals surface area contributed by atoms with Crippen LogP contribution >= 0.6 is 11.5 Å². The van der Waals surface area contributed by atoms with Crippen molar-refractivity contribution in [1.82, 2.24) is 14.3 Å². The Kier molecular flexibility index (Phi) is 0.762. The molecule has 0 aliphatic rings. The summed E-state index contributed by atoms with van der Waals surface area (Å²) in [6.45, 7) is 0. The highest BCUT2D eigenvalue weighted by molar-refractivity contribution is 7.12. The van der Waals surface area contributed by atoms with Gasteiger partial charge in [0.25, 0.3) is 5.56 Å². The van der Waals surface area contributed by atoms with Gasteiger partial charge in [-0.1, -0.05) is 0 Å². The molecule has 0 aliphatic heterocycles. The lowest BCUT2D eigenvalue weighted by Gasteiger charge is -1.62. The van der Waals surface area contributed by atoms with Gasteiger partial charge in [-0.25, -0.2) is 4.98 Å². The fourth-order valence-electron chi connectivity index (χ4n) is 0.668. The fraction of sp³-hybridized carbons (Fsp3) is 0. The van der Waals surface area contributed by atoms with Crippen molar-refractivity contribution in [2.24, 2.45) is 0 Å². The average Bonchev–Trinajstić information content (AvgIpc) is 2.35. The van der Waals surface area contributed by atoms with Crippen molar-refractivity contribution < 1.29 is 0 Å². The van der Waals surface area contributed by atoms with Crippen molar-refractivity contribution in [1.29, 1.82) is 0 Å². The lowest BCUT2D eigenvalue weighted by Crippen LogP contribution is -1.95. The summed E-state index contributed by atoms with van der Waals surface area (Å²) in [4.78, 5) is 18.1. The van der Waals surface area contributed by atoms with Crippen LogP contribution in [0.25, 0.3) is 10.3 Å². The number of aromatic nitrogens is 3. The van der Waals surface area contributed by atoms with Gasteiger partial charge in [0.2, 0.25) is 0 Å². The Labute approximate surface area is 53.7 Å². The Morgan fingerprint density at radius 2 is 2.56 bits per heavy atom. The standard InChI is InChI=1S/C4H3N3OS/c8-3-2-4(9-7-3)6-1-5-2/h1H,(H,5,6)(H,7,8). The first-order valence-corrected chi connectivity index (χ1v) is 3.20. The lowest BCUT2D eigenvalue weighted by molar-refractivity contribution is 1.32. The Balaban J connectivity index is 3.17. The van der Waals surface area contributed by atoms with E-state index in [1.165, 1.54) is 17.9 Å². The summed E-state index contributed by atoms with van der Waals surface area (Å²) in [7, 11) is 0. The summed E-state index contributed by atoms with van der Waals surface area (Å²) in [5.41, 5.74) is 0.479. The Bertz CT molecular complexity index is 370. The quantitative estimate of drug-likeness (QED) is 0.554. The number of imidazole rings is 1. The molecule has 0 saturated carbocycles. The van der Waals surface area contributed by atoms with E-state index in [0.29, 0.717) is 5.52 Å². The Hall–Kier alpha value is -1.10. The van der Waals surface area contributed by atoms with Gasteiger partial charge in [-0.2, -0.15) is 0 Å². The van der Waals surface area contributed by atoms with E-state index in [4.69, 9.17) is 0 Å². The first-order valence-electron chi connectivity index (χ1n) is 2.38. The zero-order valence-corrected chi connectivity index (χ0v) is 5.16. The van der Waals surface area contributed by atoms with Crippen molar-refractivity contribution in [2.45, 2.75) is 0 Å². The zero-order chi connectivity index (χ0) is 6.27. The van der Waals surface area contributed by atoms with Crippen LogP contribution < -0.4 is 5.56 Å². The van der Waals surface area contributed by atoms with Crippen LogP contribution in [-0.4, -0.2) is 14.3 Å². The highest BCUT2D eigenvalue weighted by atomic mass is 32.1. The highest BCUT2D eigenvalue weighted by Crippen LogP contribution is 2.05. The van der Waals surface area contributed by atoms with E-state index in [1.54, 1.807) is 0 Å². The number of nitrogens with zero attached hydrogens (tertiary/aromatic N) is 1. The summed E-state index contributed by atoms with van der Waals surface area (Å²) in [6.07, 6.45) is 1.51. The van der Waals surface area contributed by atoms with E-state index in [1.807, 2.05) is 0 Å². The molecule has 0 unspecified atom stereocenters. The van der Waals surface area contributed by atoms with Crippen molar-refractivity contribution in [3.63, 3.8) is 0 Å². The van der Waals surface area contributed by atoms with Crippen molar-refractivity contribution in [3.8, 4) is 0 Å². The minimum atomic E-state index is -0.0903. The summed E-state index contributed by atoms with van der Waals surface area (Å²) < 4.78 is 2.55. The van der Waals surface area contributed by atoms with Crippen LogP contribution in [-0.2, 0) is 0 Å². The molecule has 0 atom stereocenters. The third kappa shape index (κ3) is 0.517. The number of hydrogen-bond acceptors (Lipinski definition) is 3. The second kappa shape index (κ2) is 1.44. The van der Waals surface area contributed by atoms with E-state index in [-0.39, 0.29) is 5.56 Å². The van der Waals surface area contributed by atoms with Crippen molar-refractivity contribution in [3.05, 3.63) is 16.7 Å². The molecule has 46 valence electrons. The molecule has 0 fully saturated rings. The van der Waals surface area contributed by atoms with E-state index in [2.05, 4.69) is 14.3 Å². The van der Waals surface area contributed by atoms with Gasteiger partial charge in [0.05, 0.1) is 6.33 Å². The molecule has 2 aromatic rings. The fourth-order valence-corrected chi connectivity index (χ4v) is 1.32. The zero-order valence-electron chi connectivity index (χ0n) is 4.34. The summed E-state index contributed by atoms with van der Waals surface area (Å²) in [5, 5.41) is 0. The third-order valence-electron chi connectivity index (χ3n) is 1.07. The van der Waals surface area contributed by atoms with Crippen LogP contribution in [0.4, 0.5) is 0 Å². The van der Waals surface area contributed by atoms with Crippen LogP contribution in [0.5, 0.6) is 0 Å². The molecule has 5 heteroatoms. The van der Waals surface area contributed by atoms with Crippen molar-refractivity contribution >= 4 is 21.9 Å². The van der Waals surface area contributed by atoms with Gasteiger partial charge in [0.1, 0.15) is 5.52 Å². The van der Waals surface area contributed by atoms with Gasteiger partial charge in [0.15, 0.2) is 4.83 Å². The number of H-pyrrole nitrogens is 2. The maximum Gasteiger partial charge on any atom is 0.284 e. The van der Waals surface area contributed by atoms with Gasteiger partial charge in [-0.3, -0.25) is 9.17 Å². The predicted molar refractivity (Wildman–Crippen MR) is 34.6 cm³/mol. The molecule has 9 heavy (non-hydrogen) atoms. The average molecular weight is 141 g/mol. The first kappa shape index (κ1) is 4.75. The maximum absolute atomic E-state index is 10.7. The Morgan fingerprint density at radius 1 is 1.67 bits per heavy atom. The van der Waals surface area contributed by atoms with Gasteiger partial charge >= 0.3 is 0 Å². The van der Waals surface area contributed by atoms with Gasteiger partial charge in [-0.05, 0) is 11.5 Å². The highest BCUT2D eigenvalue weighted by Gasteiger charge is 1.99. The molecule has 0 aliphatic carbocycles. The van der Waals surface area contributed by atoms with E-state index < -0.39 is 0 Å². The van der Waals surface area contributed by atoms with Gasteiger partial charge in [-0.15, -0.1) is 0 Å². The SMILES string of the molecule is O=c1[nH]sc2nc[nH]c12. The smallest absolute Gasteiger partial charge is 0.284 e. The molecule has 0 saturated heterocycles. The molecule has 0 spiro atoms. The molecular weight excluding hydrogens is 138 g/mol. The number of aromatic amines is 2. The van der Waals surface area contributed by atoms with Gasteiger partial charge in [0, 0.05) is 0 Å². The number of nitrogens with one attached hydrogen (secondary N) is 2. The minimum Gasteiger partial charge on any atom is -0.339 e. The monoisotopic (exact) mass is 141 g/mol. The van der Waals surface area contributed by atoms with Crippen LogP contribution in [0.15, 0.2) is 11.1 Å². The molecule has 2 aromatic heterocycles. The topological polar surface area (TPSA) is 61.5 Å². The summed E-state index contributed by atoms with van der Waals surface area (Å²) in [5.74, 6) is 0. The number of rotatable bonds is 0. The third-order valence-corrected chi connectivity index (χ3v) is 1.86. The molecule has 0 radical (unpaired) electrons. The predicted octanol–water partition coefficient (Wildman–Crippen LogP) is 0.313. The van der Waals surface area contributed by atoms with Crippen molar-refractivity contribution in [2.75, 3.05) is 0 Å². The van der Waals surface area contributed by atoms with Gasteiger partial charge < -0.3 is 4.98 Å². The molecule has 0 amide bonds. The van der Waals surface area contributed by atoms with E-state index in [9.17, 15) is 4.79 Å². The molecule has 2 heterocycles. The molecule has 2 N–H and O–H groups in total. The van der Waals surface area contributed by atoms with E-state index >= 15 is 0 Å². The van der Waals surface area contributed by atoms with Crippen LogP contribution in [0.2, 0.25) is 0 Å². The molecule has 2 rings (SSSR count). The number of hydrogen-bond donors (Lipinski definition) is 2. The van der Waals surface area contributed by atoms with E-state index in [0.717, 1.165) is 4.83 Å². The normalized spacial score (nSPS) is 10.7. The van der Waals surface area contributed by atoms with Crippen LogP contribution in [0, 0.1) is 0 Å². The number of fused-ring (bicyclic) bond motifs is 1. The Morgan fingerprint density at radius 3 is 3.33 bits per heavy atom. The van der Waals surface area contributed by atoms with Crippen LogP contribution in [0.1, 0.15) is 0 Å². The summed E-state index contributed by atoms with van der Waals surface area (Å²) >= 11 is 1.24. The minimum absolute atomic E-state index is 0.0903. The van der Waals surface area contributed by atoms with Crippen LogP contribution in [0.3, 0.4) is 0 Å². The first-order chi connectivity index (χ1) is 4.38. The second-order valence-corrected chi connectivity index (χ2v) is 2.41. The lowest BCUT2D eigenvalue weighted by atomic mass is 10.6. The molecule has 0 aromatic carbocycles. The molecular formula is C4H3N3OS. The maximum atomic E-state index is 10.7. The molecule has 4 nitrogen and oxygen atoms in total. The second-order valence-electron chi connectivity index (χ2n) is 1.62. The molecule has 0 bridgehead atoms. The largest absolute Gasteiger partial charge is 0.339 e. The summed E-state index contributed by atoms with van der Waals surface area (Å²) in [6, 6.07) is 0.